The third-order valence-electron chi connectivity index (χ3n) is 3.25. The number of piperidine rings is 1. The van der Waals surface area contributed by atoms with Crippen LogP contribution >= 0.6 is 15.9 Å². The first kappa shape index (κ1) is 12.4. The molecule has 90 valence electrons. The van der Waals surface area contributed by atoms with E-state index in [4.69, 9.17) is 11.0 Å². The number of aryl methyl sites for hydroxylation is 1. The Bertz CT molecular complexity index is 466. The molecule has 1 fully saturated rings. The van der Waals surface area contributed by atoms with Gasteiger partial charge in [-0.25, -0.2) is 0 Å². The fourth-order valence-electron chi connectivity index (χ4n) is 2.22. The topological polar surface area (TPSA) is 53.0 Å². The van der Waals surface area contributed by atoms with Crippen molar-refractivity contribution in [2.75, 3.05) is 18.0 Å². The summed E-state index contributed by atoms with van der Waals surface area (Å²) >= 11 is 3.49. The molecular formula is C13H16BrN3. The smallest absolute Gasteiger partial charge is 0.121 e. The summed E-state index contributed by atoms with van der Waals surface area (Å²) < 4.78 is 1.11. The molecule has 0 bridgehead atoms. The summed E-state index contributed by atoms with van der Waals surface area (Å²) in [6, 6.07) is 8.48. The molecule has 1 atom stereocenters. The Morgan fingerprint density at radius 3 is 2.94 bits per heavy atom. The molecule has 3 nitrogen and oxygen atoms in total. The second-order valence-electron chi connectivity index (χ2n) is 4.73. The van der Waals surface area contributed by atoms with Gasteiger partial charge in [-0.3, -0.25) is 0 Å². The molecule has 1 aliphatic heterocycles. The maximum Gasteiger partial charge on any atom is 0.121 e. The number of nitrogens with zero attached hydrogens (tertiary/aromatic N) is 2. The Morgan fingerprint density at radius 2 is 2.29 bits per heavy atom. The summed E-state index contributed by atoms with van der Waals surface area (Å²) in [4.78, 5) is 2.20. The highest BCUT2D eigenvalue weighted by atomic mass is 79.9. The van der Waals surface area contributed by atoms with Gasteiger partial charge < -0.3 is 10.6 Å². The predicted octanol–water partition coefficient (Wildman–Crippen LogP) is 2.58. The molecule has 0 radical (unpaired) electrons. The van der Waals surface area contributed by atoms with Crippen molar-refractivity contribution in [3.63, 3.8) is 0 Å². The van der Waals surface area contributed by atoms with Gasteiger partial charge in [-0.1, -0.05) is 15.9 Å². The number of nitrogens with two attached hydrogens (primary N) is 1. The van der Waals surface area contributed by atoms with Gasteiger partial charge in [0.1, 0.15) is 5.54 Å². The molecule has 1 unspecified atom stereocenters. The molecule has 0 amide bonds. The van der Waals surface area contributed by atoms with Crippen molar-refractivity contribution in [2.24, 2.45) is 5.73 Å². The van der Waals surface area contributed by atoms with Crippen LogP contribution in [0.2, 0.25) is 0 Å². The summed E-state index contributed by atoms with van der Waals surface area (Å²) in [5, 5.41) is 9.10. The summed E-state index contributed by atoms with van der Waals surface area (Å²) in [7, 11) is 0. The first-order valence-electron chi connectivity index (χ1n) is 5.75. The Morgan fingerprint density at radius 1 is 1.53 bits per heavy atom. The molecule has 0 aromatic heterocycles. The highest BCUT2D eigenvalue weighted by Crippen LogP contribution is 2.27. The van der Waals surface area contributed by atoms with Crippen LogP contribution in [0.15, 0.2) is 22.7 Å². The number of halogens is 1. The Labute approximate surface area is 110 Å². The monoisotopic (exact) mass is 293 g/mol. The first-order chi connectivity index (χ1) is 8.04. The van der Waals surface area contributed by atoms with Crippen LogP contribution in [0.3, 0.4) is 0 Å². The Hall–Kier alpha value is -1.05. The first-order valence-corrected chi connectivity index (χ1v) is 6.55. The fourth-order valence-corrected chi connectivity index (χ4v) is 2.47. The van der Waals surface area contributed by atoms with Gasteiger partial charge in [0.15, 0.2) is 0 Å². The van der Waals surface area contributed by atoms with Crippen molar-refractivity contribution in [3.8, 4) is 6.07 Å². The quantitative estimate of drug-likeness (QED) is 0.866. The zero-order valence-electron chi connectivity index (χ0n) is 9.91. The van der Waals surface area contributed by atoms with Crippen molar-refractivity contribution in [1.82, 2.24) is 0 Å². The van der Waals surface area contributed by atoms with Crippen LogP contribution in [0.25, 0.3) is 0 Å². The van der Waals surface area contributed by atoms with E-state index in [1.807, 2.05) is 6.07 Å². The van der Waals surface area contributed by atoms with Crippen LogP contribution < -0.4 is 10.6 Å². The maximum absolute atomic E-state index is 9.10. The second-order valence-corrected chi connectivity index (χ2v) is 5.58. The molecule has 1 aromatic carbocycles. The van der Waals surface area contributed by atoms with Crippen molar-refractivity contribution in [3.05, 3.63) is 28.2 Å². The van der Waals surface area contributed by atoms with Crippen LogP contribution in [-0.2, 0) is 0 Å². The number of anilines is 1. The molecule has 4 heteroatoms. The third-order valence-corrected chi connectivity index (χ3v) is 4.14. The number of nitriles is 1. The fraction of sp³-hybridized carbons (Fsp3) is 0.462. The highest BCUT2D eigenvalue weighted by molar-refractivity contribution is 9.10. The van der Waals surface area contributed by atoms with Crippen LogP contribution in [0.5, 0.6) is 0 Å². The molecule has 1 aromatic rings. The lowest BCUT2D eigenvalue weighted by molar-refractivity contribution is 0.424. The van der Waals surface area contributed by atoms with Gasteiger partial charge in [0, 0.05) is 23.2 Å². The SMILES string of the molecule is Cc1cc(N2CCCC(N)(C#N)C2)ccc1Br. The van der Waals surface area contributed by atoms with E-state index in [2.05, 4.69) is 46.0 Å². The zero-order valence-corrected chi connectivity index (χ0v) is 11.5. The lowest BCUT2D eigenvalue weighted by Gasteiger charge is -2.37. The minimum Gasteiger partial charge on any atom is -0.369 e. The normalized spacial score (nSPS) is 24.5. The summed E-state index contributed by atoms with van der Waals surface area (Å²) in [5.41, 5.74) is 7.70. The molecule has 0 aliphatic carbocycles. The zero-order chi connectivity index (χ0) is 12.5. The lowest BCUT2D eigenvalue weighted by atomic mass is 9.91. The molecule has 2 N–H and O–H groups in total. The largest absolute Gasteiger partial charge is 0.369 e. The van der Waals surface area contributed by atoms with Crippen molar-refractivity contribution in [1.29, 1.82) is 5.26 Å². The van der Waals surface area contributed by atoms with E-state index < -0.39 is 5.54 Å². The van der Waals surface area contributed by atoms with Crippen LogP contribution in [0.1, 0.15) is 18.4 Å². The predicted molar refractivity (Wildman–Crippen MR) is 72.9 cm³/mol. The van der Waals surface area contributed by atoms with Gasteiger partial charge in [0.05, 0.1) is 6.07 Å². The van der Waals surface area contributed by atoms with E-state index in [0.717, 1.165) is 29.5 Å². The van der Waals surface area contributed by atoms with Crippen molar-refractivity contribution in [2.45, 2.75) is 25.3 Å². The van der Waals surface area contributed by atoms with E-state index in [0.29, 0.717) is 6.54 Å². The average molecular weight is 294 g/mol. The molecule has 0 spiro atoms. The average Bonchev–Trinajstić information content (AvgIpc) is 2.33. The maximum atomic E-state index is 9.10. The van der Waals surface area contributed by atoms with Gasteiger partial charge in [-0.05, 0) is 43.5 Å². The van der Waals surface area contributed by atoms with Crippen LogP contribution in [0.4, 0.5) is 5.69 Å². The van der Waals surface area contributed by atoms with E-state index >= 15 is 0 Å². The van der Waals surface area contributed by atoms with Crippen LogP contribution in [-0.4, -0.2) is 18.6 Å². The number of benzene rings is 1. The second kappa shape index (κ2) is 4.67. The lowest BCUT2D eigenvalue weighted by Crippen LogP contribution is -2.53. The molecule has 1 heterocycles. The number of hydrogen-bond acceptors (Lipinski definition) is 3. The molecular weight excluding hydrogens is 278 g/mol. The van der Waals surface area contributed by atoms with Gasteiger partial charge in [0.25, 0.3) is 0 Å². The summed E-state index contributed by atoms with van der Waals surface area (Å²) in [6.07, 6.45) is 1.76. The number of hydrogen-bond donors (Lipinski definition) is 1. The molecule has 17 heavy (non-hydrogen) atoms. The third kappa shape index (κ3) is 2.62. The molecule has 1 aliphatic rings. The minimum atomic E-state index is -0.695. The van der Waals surface area contributed by atoms with Crippen molar-refractivity contribution < 1.29 is 0 Å². The minimum absolute atomic E-state index is 0.616. The molecule has 1 saturated heterocycles. The van der Waals surface area contributed by atoms with E-state index in [9.17, 15) is 0 Å². The van der Waals surface area contributed by atoms with Gasteiger partial charge in [-0.15, -0.1) is 0 Å². The van der Waals surface area contributed by atoms with Gasteiger partial charge in [0.2, 0.25) is 0 Å². The summed E-state index contributed by atoms with van der Waals surface area (Å²) in [5.74, 6) is 0. The van der Waals surface area contributed by atoms with Gasteiger partial charge >= 0.3 is 0 Å². The van der Waals surface area contributed by atoms with Crippen molar-refractivity contribution >= 4 is 21.6 Å². The van der Waals surface area contributed by atoms with E-state index in [-0.39, 0.29) is 0 Å². The van der Waals surface area contributed by atoms with Crippen LogP contribution in [0, 0.1) is 18.3 Å². The Kier molecular flexibility index (Phi) is 3.41. The van der Waals surface area contributed by atoms with Gasteiger partial charge in [-0.2, -0.15) is 5.26 Å². The summed E-state index contributed by atoms with van der Waals surface area (Å²) in [6.45, 7) is 3.66. The highest BCUT2D eigenvalue weighted by Gasteiger charge is 2.31. The standard InChI is InChI=1S/C13H16BrN3/c1-10-7-11(3-4-12(10)14)17-6-2-5-13(16,8-15)9-17/h3-4,7H,2,5-6,9,16H2,1H3. The molecule has 0 saturated carbocycles. The van der Waals surface area contributed by atoms with E-state index in [1.165, 1.54) is 5.56 Å². The number of rotatable bonds is 1. The molecule has 2 rings (SSSR count). The Balaban J connectivity index is 2.23. The van der Waals surface area contributed by atoms with E-state index in [1.54, 1.807) is 0 Å².